The SMILES string of the molecule is Cn1cc(-c2nc(C(=O)NCCCO)cs2)cn1. The maximum Gasteiger partial charge on any atom is 0.270 e. The molecule has 2 heterocycles. The van der Waals surface area contributed by atoms with Gasteiger partial charge in [-0.15, -0.1) is 11.3 Å². The van der Waals surface area contributed by atoms with Crippen LogP contribution in [0.2, 0.25) is 0 Å². The zero-order chi connectivity index (χ0) is 13.0. The lowest BCUT2D eigenvalue weighted by molar-refractivity contribution is 0.0947. The predicted octanol–water partition coefficient (Wildman–Crippen LogP) is 0.656. The van der Waals surface area contributed by atoms with Gasteiger partial charge in [-0.1, -0.05) is 0 Å². The van der Waals surface area contributed by atoms with Gasteiger partial charge in [0.25, 0.3) is 5.91 Å². The van der Waals surface area contributed by atoms with E-state index in [2.05, 4.69) is 15.4 Å². The van der Waals surface area contributed by atoms with E-state index in [1.807, 2.05) is 13.2 Å². The molecule has 2 N–H and O–H groups in total. The molecule has 0 fully saturated rings. The second-order valence-electron chi connectivity index (χ2n) is 3.77. The number of aryl methyl sites for hydroxylation is 1. The van der Waals surface area contributed by atoms with Crippen LogP contribution in [0.15, 0.2) is 17.8 Å². The number of thiazole rings is 1. The van der Waals surface area contributed by atoms with Gasteiger partial charge in [0.05, 0.1) is 6.20 Å². The van der Waals surface area contributed by atoms with Gasteiger partial charge < -0.3 is 10.4 Å². The molecule has 96 valence electrons. The first-order valence-corrected chi connectivity index (χ1v) is 6.42. The highest BCUT2D eigenvalue weighted by Gasteiger charge is 2.12. The maximum atomic E-state index is 11.7. The highest BCUT2D eigenvalue weighted by molar-refractivity contribution is 7.13. The highest BCUT2D eigenvalue weighted by Crippen LogP contribution is 2.22. The Labute approximate surface area is 108 Å². The summed E-state index contributed by atoms with van der Waals surface area (Å²) in [6.07, 6.45) is 4.11. The van der Waals surface area contributed by atoms with Crippen LogP contribution in [0, 0.1) is 0 Å². The van der Waals surface area contributed by atoms with Gasteiger partial charge >= 0.3 is 0 Å². The van der Waals surface area contributed by atoms with E-state index in [9.17, 15) is 4.79 Å². The maximum absolute atomic E-state index is 11.7. The largest absolute Gasteiger partial charge is 0.396 e. The van der Waals surface area contributed by atoms with Crippen LogP contribution in [0.3, 0.4) is 0 Å². The third-order valence-corrected chi connectivity index (χ3v) is 3.20. The molecule has 1 amide bonds. The quantitative estimate of drug-likeness (QED) is 0.779. The van der Waals surface area contributed by atoms with Gasteiger partial charge in [0.15, 0.2) is 0 Å². The van der Waals surface area contributed by atoms with Crippen molar-refractivity contribution >= 4 is 17.2 Å². The fraction of sp³-hybridized carbons (Fsp3) is 0.364. The summed E-state index contributed by atoms with van der Waals surface area (Å²) in [6, 6.07) is 0. The van der Waals surface area contributed by atoms with Crippen LogP contribution in [0.5, 0.6) is 0 Å². The van der Waals surface area contributed by atoms with Crippen molar-refractivity contribution in [3.63, 3.8) is 0 Å². The molecule has 0 bridgehead atoms. The van der Waals surface area contributed by atoms with Crippen LogP contribution < -0.4 is 5.32 Å². The average molecular weight is 266 g/mol. The Kier molecular flexibility index (Phi) is 4.06. The summed E-state index contributed by atoms with van der Waals surface area (Å²) in [6.45, 7) is 0.521. The Balaban J connectivity index is 2.04. The molecule has 0 spiro atoms. The Morgan fingerprint density at radius 3 is 3.11 bits per heavy atom. The van der Waals surface area contributed by atoms with E-state index < -0.39 is 0 Å². The fourth-order valence-corrected chi connectivity index (χ4v) is 2.19. The van der Waals surface area contributed by atoms with E-state index in [0.29, 0.717) is 18.7 Å². The second-order valence-corrected chi connectivity index (χ2v) is 4.63. The van der Waals surface area contributed by atoms with Crippen LogP contribution in [-0.2, 0) is 7.05 Å². The van der Waals surface area contributed by atoms with Gasteiger partial charge in [-0.25, -0.2) is 4.98 Å². The lowest BCUT2D eigenvalue weighted by atomic mass is 10.3. The standard InChI is InChI=1S/C11H14N4O2S/c1-15-6-8(5-13-15)11-14-9(7-18-11)10(17)12-3-2-4-16/h5-7,16H,2-4H2,1H3,(H,12,17). The summed E-state index contributed by atoms with van der Waals surface area (Å²) in [7, 11) is 1.83. The van der Waals surface area contributed by atoms with Crippen molar-refractivity contribution in [1.29, 1.82) is 0 Å². The first-order valence-electron chi connectivity index (χ1n) is 5.54. The van der Waals surface area contributed by atoms with Crippen molar-refractivity contribution in [2.75, 3.05) is 13.2 Å². The number of hydrogen-bond acceptors (Lipinski definition) is 5. The molecule has 2 rings (SSSR count). The summed E-state index contributed by atoms with van der Waals surface area (Å²) in [5.74, 6) is -0.213. The second kappa shape index (κ2) is 5.74. The molecule has 0 saturated heterocycles. The minimum absolute atomic E-state index is 0.0677. The molecule has 0 aliphatic carbocycles. The van der Waals surface area contributed by atoms with Gasteiger partial charge in [-0.05, 0) is 6.42 Å². The number of amides is 1. The van der Waals surface area contributed by atoms with Crippen molar-refractivity contribution in [3.8, 4) is 10.6 Å². The summed E-state index contributed by atoms with van der Waals surface area (Å²) in [4.78, 5) is 16.0. The molecule has 6 nitrogen and oxygen atoms in total. The molecular weight excluding hydrogens is 252 g/mol. The number of aromatic nitrogens is 3. The molecule has 7 heteroatoms. The van der Waals surface area contributed by atoms with Crippen molar-refractivity contribution in [2.24, 2.45) is 7.05 Å². The summed E-state index contributed by atoms with van der Waals surface area (Å²) < 4.78 is 1.69. The van der Waals surface area contributed by atoms with Crippen LogP contribution in [0.25, 0.3) is 10.6 Å². The monoisotopic (exact) mass is 266 g/mol. The van der Waals surface area contributed by atoms with Crippen molar-refractivity contribution < 1.29 is 9.90 Å². The average Bonchev–Trinajstić information content (AvgIpc) is 2.97. The topological polar surface area (TPSA) is 80.0 Å². The molecule has 0 atom stereocenters. The number of aliphatic hydroxyl groups excluding tert-OH is 1. The van der Waals surface area contributed by atoms with Crippen LogP contribution in [0.1, 0.15) is 16.9 Å². The molecule has 0 saturated carbocycles. The molecule has 0 aliphatic heterocycles. The number of hydrogen-bond donors (Lipinski definition) is 2. The van der Waals surface area contributed by atoms with E-state index in [1.165, 1.54) is 11.3 Å². The third-order valence-electron chi connectivity index (χ3n) is 2.31. The molecule has 2 aromatic rings. The third kappa shape index (κ3) is 2.93. The minimum atomic E-state index is -0.213. The van der Waals surface area contributed by atoms with E-state index in [0.717, 1.165) is 10.6 Å². The summed E-state index contributed by atoms with van der Waals surface area (Å²) in [5.41, 5.74) is 1.30. The van der Waals surface area contributed by atoms with E-state index in [1.54, 1.807) is 16.3 Å². The number of rotatable bonds is 5. The normalized spacial score (nSPS) is 10.6. The van der Waals surface area contributed by atoms with Gasteiger partial charge in [0, 0.05) is 37.3 Å². The number of nitrogens with one attached hydrogen (secondary N) is 1. The van der Waals surface area contributed by atoms with E-state index in [-0.39, 0.29) is 12.5 Å². The first kappa shape index (κ1) is 12.7. The molecule has 0 unspecified atom stereocenters. The van der Waals surface area contributed by atoms with Gasteiger partial charge in [0.1, 0.15) is 10.7 Å². The molecular formula is C11H14N4O2S. The van der Waals surface area contributed by atoms with E-state index in [4.69, 9.17) is 5.11 Å². The summed E-state index contributed by atoms with van der Waals surface area (Å²) in [5, 5.41) is 17.9. The zero-order valence-corrected chi connectivity index (χ0v) is 10.8. The van der Waals surface area contributed by atoms with E-state index >= 15 is 0 Å². The molecule has 0 aromatic carbocycles. The van der Waals surface area contributed by atoms with Crippen molar-refractivity contribution in [3.05, 3.63) is 23.5 Å². The van der Waals surface area contributed by atoms with Gasteiger partial charge in [-0.2, -0.15) is 5.10 Å². The minimum Gasteiger partial charge on any atom is -0.396 e. The summed E-state index contributed by atoms with van der Waals surface area (Å²) >= 11 is 1.41. The van der Waals surface area contributed by atoms with Crippen LogP contribution >= 0.6 is 11.3 Å². The Morgan fingerprint density at radius 1 is 1.61 bits per heavy atom. The smallest absolute Gasteiger partial charge is 0.270 e. The van der Waals surface area contributed by atoms with Crippen molar-refractivity contribution in [1.82, 2.24) is 20.1 Å². The zero-order valence-electron chi connectivity index (χ0n) is 9.96. The Hall–Kier alpha value is -1.73. The molecule has 0 radical (unpaired) electrons. The molecule has 2 aromatic heterocycles. The van der Waals surface area contributed by atoms with Crippen LogP contribution in [-0.4, -0.2) is 38.9 Å². The number of nitrogens with zero attached hydrogens (tertiary/aromatic N) is 3. The fourth-order valence-electron chi connectivity index (χ4n) is 1.41. The predicted molar refractivity (Wildman–Crippen MR) is 68.4 cm³/mol. The molecule has 0 aliphatic rings. The van der Waals surface area contributed by atoms with Crippen LogP contribution in [0.4, 0.5) is 0 Å². The van der Waals surface area contributed by atoms with Crippen molar-refractivity contribution in [2.45, 2.75) is 6.42 Å². The van der Waals surface area contributed by atoms with Gasteiger partial charge in [0.2, 0.25) is 0 Å². The Morgan fingerprint density at radius 2 is 2.44 bits per heavy atom. The number of aliphatic hydroxyl groups is 1. The number of carbonyl (C=O) groups is 1. The Bertz CT molecular complexity index is 535. The first-order chi connectivity index (χ1) is 8.70. The van der Waals surface area contributed by atoms with Gasteiger partial charge in [-0.3, -0.25) is 9.48 Å². The molecule has 18 heavy (non-hydrogen) atoms. The lowest BCUT2D eigenvalue weighted by Gasteiger charge is -2.00. The highest BCUT2D eigenvalue weighted by atomic mass is 32.1. The number of carbonyl (C=O) groups excluding carboxylic acids is 1. The lowest BCUT2D eigenvalue weighted by Crippen LogP contribution is -2.25.